The minimum absolute atomic E-state index is 0.110. The summed E-state index contributed by atoms with van der Waals surface area (Å²) in [4.78, 5) is -0.110. The first-order valence-electron chi connectivity index (χ1n) is 6.80. The molecule has 0 aliphatic rings. The van der Waals surface area contributed by atoms with Crippen LogP contribution in [0.3, 0.4) is 0 Å². The average Bonchev–Trinajstić information content (AvgIpc) is 2.36. The van der Waals surface area contributed by atoms with Gasteiger partial charge in [0.05, 0.1) is 4.83 Å². The Morgan fingerprint density at radius 2 is 1.45 bits per heavy atom. The van der Waals surface area contributed by atoms with E-state index in [2.05, 4.69) is 49.7 Å². The summed E-state index contributed by atoms with van der Waals surface area (Å²) < 4.78 is 14.2. The summed E-state index contributed by atoms with van der Waals surface area (Å²) in [7, 11) is 0. The van der Waals surface area contributed by atoms with Gasteiger partial charge in [-0.3, -0.25) is 0 Å². The summed E-state index contributed by atoms with van der Waals surface area (Å²) in [5.41, 5.74) is 7.79. The highest BCUT2D eigenvalue weighted by Crippen LogP contribution is 2.38. The van der Waals surface area contributed by atoms with Crippen molar-refractivity contribution in [3.8, 4) is 0 Å². The number of rotatable bonds is 2. The van der Waals surface area contributed by atoms with Gasteiger partial charge in [0.25, 0.3) is 0 Å². The molecule has 0 fully saturated rings. The van der Waals surface area contributed by atoms with Crippen molar-refractivity contribution < 1.29 is 4.39 Å². The van der Waals surface area contributed by atoms with Crippen molar-refractivity contribution in [3.63, 3.8) is 0 Å². The standard InChI is InChI=1S/C18H20BrF/c1-10-6-7-15(16(20)8-10)18(19)17-13(4)11(2)9-12(3)14(17)5/h6-9,18H,1-5H3. The maximum Gasteiger partial charge on any atom is 0.128 e. The third-order valence-electron chi connectivity index (χ3n) is 4.11. The fourth-order valence-electron chi connectivity index (χ4n) is 2.62. The number of halogens is 2. The summed E-state index contributed by atoms with van der Waals surface area (Å²) in [5, 5.41) is 0. The van der Waals surface area contributed by atoms with E-state index in [0.29, 0.717) is 5.56 Å². The van der Waals surface area contributed by atoms with Crippen LogP contribution >= 0.6 is 15.9 Å². The van der Waals surface area contributed by atoms with Crippen LogP contribution in [0.2, 0.25) is 0 Å². The molecule has 0 saturated carbocycles. The van der Waals surface area contributed by atoms with Crippen molar-refractivity contribution >= 4 is 15.9 Å². The van der Waals surface area contributed by atoms with Gasteiger partial charge >= 0.3 is 0 Å². The van der Waals surface area contributed by atoms with Crippen molar-refractivity contribution in [1.82, 2.24) is 0 Å². The molecule has 0 saturated heterocycles. The van der Waals surface area contributed by atoms with Crippen molar-refractivity contribution in [2.24, 2.45) is 0 Å². The average molecular weight is 335 g/mol. The molecular weight excluding hydrogens is 315 g/mol. The zero-order valence-electron chi connectivity index (χ0n) is 12.6. The molecule has 0 radical (unpaired) electrons. The molecule has 0 nitrogen and oxygen atoms in total. The van der Waals surface area contributed by atoms with Crippen molar-refractivity contribution in [1.29, 1.82) is 0 Å². The van der Waals surface area contributed by atoms with E-state index in [4.69, 9.17) is 0 Å². The monoisotopic (exact) mass is 334 g/mol. The van der Waals surface area contributed by atoms with Crippen molar-refractivity contribution in [2.45, 2.75) is 39.4 Å². The first-order chi connectivity index (χ1) is 9.32. The van der Waals surface area contributed by atoms with Crippen LogP contribution in [0, 0.1) is 40.4 Å². The molecule has 2 aromatic carbocycles. The Labute approximate surface area is 129 Å². The van der Waals surface area contributed by atoms with Gasteiger partial charge in [-0.05, 0) is 74.1 Å². The number of hydrogen-bond donors (Lipinski definition) is 0. The van der Waals surface area contributed by atoms with Crippen molar-refractivity contribution in [3.05, 3.63) is 69.0 Å². The molecule has 20 heavy (non-hydrogen) atoms. The fraction of sp³-hybridized carbons (Fsp3) is 0.333. The molecule has 0 amide bonds. The molecule has 2 aromatic rings. The molecule has 1 unspecified atom stereocenters. The van der Waals surface area contributed by atoms with Crippen LogP contribution in [0.1, 0.15) is 43.8 Å². The highest BCUT2D eigenvalue weighted by atomic mass is 79.9. The SMILES string of the molecule is Cc1ccc(C(Br)c2c(C)c(C)cc(C)c2C)c(F)c1. The number of hydrogen-bond acceptors (Lipinski definition) is 0. The Balaban J connectivity index is 2.62. The highest BCUT2D eigenvalue weighted by Gasteiger charge is 2.20. The maximum absolute atomic E-state index is 14.2. The van der Waals surface area contributed by atoms with Crippen LogP contribution in [-0.2, 0) is 0 Å². The zero-order valence-corrected chi connectivity index (χ0v) is 14.2. The van der Waals surface area contributed by atoms with E-state index >= 15 is 0 Å². The highest BCUT2D eigenvalue weighted by molar-refractivity contribution is 9.09. The van der Waals surface area contributed by atoms with E-state index in [9.17, 15) is 4.39 Å². The Kier molecular flexibility index (Phi) is 4.33. The van der Waals surface area contributed by atoms with Gasteiger partial charge in [0.1, 0.15) is 5.82 Å². The molecule has 106 valence electrons. The first-order valence-corrected chi connectivity index (χ1v) is 7.72. The summed E-state index contributed by atoms with van der Waals surface area (Å²) in [6.07, 6.45) is 0. The topological polar surface area (TPSA) is 0 Å². The van der Waals surface area contributed by atoms with Crippen molar-refractivity contribution in [2.75, 3.05) is 0 Å². The number of aryl methyl sites for hydroxylation is 3. The Morgan fingerprint density at radius 1 is 0.900 bits per heavy atom. The van der Waals surface area contributed by atoms with Gasteiger partial charge in [0.15, 0.2) is 0 Å². The van der Waals surface area contributed by atoms with Crippen LogP contribution in [0.4, 0.5) is 4.39 Å². The van der Waals surface area contributed by atoms with Gasteiger partial charge in [0, 0.05) is 5.56 Å². The van der Waals surface area contributed by atoms with Gasteiger partial charge in [0.2, 0.25) is 0 Å². The third-order valence-corrected chi connectivity index (χ3v) is 5.06. The molecule has 0 bridgehead atoms. The van der Waals surface area contributed by atoms with Gasteiger partial charge in [-0.25, -0.2) is 4.39 Å². The number of alkyl halides is 1. The molecule has 1 atom stereocenters. The Hall–Kier alpha value is -1.15. The van der Waals surface area contributed by atoms with Crippen LogP contribution in [-0.4, -0.2) is 0 Å². The minimum atomic E-state index is -0.148. The van der Waals surface area contributed by atoms with Gasteiger partial charge < -0.3 is 0 Å². The molecule has 2 heteroatoms. The molecule has 2 rings (SSSR count). The smallest absolute Gasteiger partial charge is 0.128 e. The second kappa shape index (κ2) is 5.69. The van der Waals surface area contributed by atoms with Crippen LogP contribution < -0.4 is 0 Å². The number of benzene rings is 2. The lowest BCUT2D eigenvalue weighted by molar-refractivity contribution is 0.612. The third kappa shape index (κ3) is 2.67. The summed E-state index contributed by atoms with van der Waals surface area (Å²) >= 11 is 3.70. The fourth-order valence-corrected chi connectivity index (χ4v) is 3.68. The van der Waals surface area contributed by atoms with E-state index in [0.717, 1.165) is 5.56 Å². The summed E-state index contributed by atoms with van der Waals surface area (Å²) in [5.74, 6) is -0.148. The lowest BCUT2D eigenvalue weighted by atomic mass is 9.90. The van der Waals surface area contributed by atoms with Gasteiger partial charge in [-0.2, -0.15) is 0 Å². The molecule has 0 aliphatic carbocycles. The molecule has 0 aromatic heterocycles. The maximum atomic E-state index is 14.2. The predicted molar refractivity (Wildman–Crippen MR) is 87.3 cm³/mol. The Bertz CT molecular complexity index is 633. The molecule has 0 aliphatic heterocycles. The first kappa shape index (κ1) is 15.2. The van der Waals surface area contributed by atoms with E-state index in [1.807, 2.05) is 19.1 Å². The largest absolute Gasteiger partial charge is 0.207 e. The van der Waals surface area contributed by atoms with E-state index in [1.165, 1.54) is 27.8 Å². The van der Waals surface area contributed by atoms with Gasteiger partial charge in [-0.15, -0.1) is 0 Å². The Morgan fingerprint density at radius 3 is 1.95 bits per heavy atom. The van der Waals surface area contributed by atoms with Crippen LogP contribution in [0.25, 0.3) is 0 Å². The predicted octanol–water partition coefficient (Wildman–Crippen LogP) is 5.85. The lowest BCUT2D eigenvalue weighted by Crippen LogP contribution is -2.05. The minimum Gasteiger partial charge on any atom is -0.207 e. The summed E-state index contributed by atoms with van der Waals surface area (Å²) in [6, 6.07) is 7.62. The lowest BCUT2D eigenvalue weighted by Gasteiger charge is -2.21. The van der Waals surface area contributed by atoms with Crippen LogP contribution in [0.15, 0.2) is 24.3 Å². The van der Waals surface area contributed by atoms with E-state index < -0.39 is 0 Å². The molecule has 0 heterocycles. The van der Waals surface area contributed by atoms with Crippen LogP contribution in [0.5, 0.6) is 0 Å². The molecule has 0 spiro atoms. The quantitative estimate of drug-likeness (QED) is 0.604. The van der Waals surface area contributed by atoms with Gasteiger partial charge in [-0.1, -0.05) is 34.1 Å². The zero-order chi connectivity index (χ0) is 15.0. The second-order valence-electron chi connectivity index (χ2n) is 5.56. The van der Waals surface area contributed by atoms with E-state index in [1.54, 1.807) is 6.07 Å². The van der Waals surface area contributed by atoms with E-state index in [-0.39, 0.29) is 10.6 Å². The summed E-state index contributed by atoms with van der Waals surface area (Å²) in [6.45, 7) is 10.3. The second-order valence-corrected chi connectivity index (χ2v) is 6.48. The molecule has 0 N–H and O–H groups in total. The molecular formula is C18H20BrF. The normalized spacial score (nSPS) is 12.6.